The van der Waals surface area contributed by atoms with Crippen LogP contribution in [0.2, 0.25) is 5.02 Å². The summed E-state index contributed by atoms with van der Waals surface area (Å²) in [7, 11) is 0. The molecule has 3 atom stereocenters. The molecule has 0 spiro atoms. The normalized spacial score (nSPS) is 23.7. The zero-order valence-corrected chi connectivity index (χ0v) is 14.9. The average molecular weight is 355 g/mol. The van der Waals surface area contributed by atoms with E-state index in [0.717, 1.165) is 17.7 Å². The molecule has 0 saturated carbocycles. The number of nitro groups is 1. The summed E-state index contributed by atoms with van der Waals surface area (Å²) in [5.41, 5.74) is 5.83. The zero-order chi connectivity index (χ0) is 17.7. The lowest BCUT2D eigenvalue weighted by molar-refractivity contribution is -0.384. The number of nitro benzene ring substituents is 1. The number of halogens is 1. The zero-order valence-electron chi connectivity index (χ0n) is 14.1. The van der Waals surface area contributed by atoms with E-state index in [0.29, 0.717) is 16.9 Å². The molecule has 1 heterocycles. The van der Waals surface area contributed by atoms with E-state index in [2.05, 4.69) is 43.4 Å². The van der Waals surface area contributed by atoms with Crippen LogP contribution in [0.4, 0.5) is 11.4 Å². The van der Waals surface area contributed by atoms with Gasteiger partial charge in [0.1, 0.15) is 0 Å². The van der Waals surface area contributed by atoms with Crippen molar-refractivity contribution >= 4 is 23.0 Å². The highest BCUT2D eigenvalue weighted by molar-refractivity contribution is 6.31. The van der Waals surface area contributed by atoms with Gasteiger partial charge in [-0.2, -0.15) is 0 Å². The van der Waals surface area contributed by atoms with Crippen LogP contribution in [0.1, 0.15) is 40.6 Å². The third-order valence-electron chi connectivity index (χ3n) is 5.47. The first-order valence-electron chi connectivity index (χ1n) is 8.44. The van der Waals surface area contributed by atoms with Crippen molar-refractivity contribution in [3.05, 3.63) is 79.9 Å². The van der Waals surface area contributed by atoms with Gasteiger partial charge >= 0.3 is 0 Å². The first-order chi connectivity index (χ1) is 12.0. The molecule has 1 aliphatic heterocycles. The van der Waals surface area contributed by atoms with Crippen molar-refractivity contribution in [2.45, 2.75) is 32.2 Å². The highest BCUT2D eigenvalue weighted by Gasteiger charge is 2.40. The number of nitrogens with zero attached hydrogens (tertiary/aromatic N) is 1. The number of nitrogens with one attached hydrogen (secondary N) is 1. The molecular weight excluding hydrogens is 336 g/mol. The standard InChI is InChI=1S/C20H19ClN2O2/c1-11-6-7-12(2)19-18(11)14-4-3-5-15(14)20(22-19)16-10-13(23(24)25)8-9-17(16)21/h3-4,6-10,14-15,20,22H,5H2,1-2H3. The van der Waals surface area contributed by atoms with Crippen LogP contribution in [-0.4, -0.2) is 4.92 Å². The van der Waals surface area contributed by atoms with Gasteiger partial charge in [-0.25, -0.2) is 0 Å². The molecule has 5 heteroatoms. The van der Waals surface area contributed by atoms with Gasteiger partial charge in [-0.3, -0.25) is 10.1 Å². The van der Waals surface area contributed by atoms with E-state index in [1.165, 1.54) is 22.8 Å². The SMILES string of the molecule is Cc1ccc(C)c2c1NC(c1cc([N+](=O)[O-])ccc1Cl)C1CC=CC21. The summed E-state index contributed by atoms with van der Waals surface area (Å²) in [5, 5.41) is 15.4. The van der Waals surface area contributed by atoms with Crippen molar-refractivity contribution in [2.24, 2.45) is 5.92 Å². The van der Waals surface area contributed by atoms with E-state index in [4.69, 9.17) is 11.6 Å². The van der Waals surface area contributed by atoms with Gasteiger partial charge in [0.2, 0.25) is 0 Å². The van der Waals surface area contributed by atoms with Crippen LogP contribution < -0.4 is 5.32 Å². The molecule has 4 rings (SSSR count). The summed E-state index contributed by atoms with van der Waals surface area (Å²) >= 11 is 6.44. The number of anilines is 1. The first kappa shape index (κ1) is 16.2. The topological polar surface area (TPSA) is 55.2 Å². The molecule has 0 amide bonds. The number of non-ortho nitro benzene ring substituents is 1. The van der Waals surface area contributed by atoms with Crippen LogP contribution in [0, 0.1) is 29.9 Å². The monoisotopic (exact) mass is 354 g/mol. The van der Waals surface area contributed by atoms with Crippen molar-refractivity contribution in [1.82, 2.24) is 0 Å². The molecule has 0 aromatic heterocycles. The average Bonchev–Trinajstić information content (AvgIpc) is 3.07. The van der Waals surface area contributed by atoms with Crippen LogP contribution in [0.5, 0.6) is 0 Å². The summed E-state index contributed by atoms with van der Waals surface area (Å²) < 4.78 is 0. The molecule has 1 aliphatic carbocycles. The molecule has 3 unspecified atom stereocenters. The summed E-state index contributed by atoms with van der Waals surface area (Å²) in [5.74, 6) is 0.629. The van der Waals surface area contributed by atoms with Gasteiger partial charge in [-0.05, 0) is 48.9 Å². The molecule has 25 heavy (non-hydrogen) atoms. The van der Waals surface area contributed by atoms with E-state index < -0.39 is 0 Å². The number of fused-ring (bicyclic) bond motifs is 3. The van der Waals surface area contributed by atoms with Crippen LogP contribution in [-0.2, 0) is 0 Å². The summed E-state index contributed by atoms with van der Waals surface area (Å²) in [6.45, 7) is 4.24. The van der Waals surface area contributed by atoms with E-state index in [1.54, 1.807) is 12.1 Å². The quantitative estimate of drug-likeness (QED) is 0.428. The summed E-state index contributed by atoms with van der Waals surface area (Å²) in [4.78, 5) is 10.8. The molecule has 4 nitrogen and oxygen atoms in total. The number of hydrogen-bond donors (Lipinski definition) is 1. The second-order valence-corrected chi connectivity index (χ2v) is 7.33. The van der Waals surface area contributed by atoms with E-state index in [-0.39, 0.29) is 16.7 Å². The molecule has 2 aromatic carbocycles. The van der Waals surface area contributed by atoms with Crippen LogP contribution >= 0.6 is 11.6 Å². The van der Waals surface area contributed by atoms with Crippen LogP contribution in [0.3, 0.4) is 0 Å². The van der Waals surface area contributed by atoms with Gasteiger partial charge in [-0.15, -0.1) is 0 Å². The molecule has 0 fully saturated rings. The molecule has 128 valence electrons. The molecular formula is C20H19ClN2O2. The Hall–Kier alpha value is -2.33. The maximum absolute atomic E-state index is 11.2. The largest absolute Gasteiger partial charge is 0.377 e. The van der Waals surface area contributed by atoms with Gasteiger partial charge in [-0.1, -0.05) is 35.9 Å². The van der Waals surface area contributed by atoms with Gasteiger partial charge < -0.3 is 5.32 Å². The molecule has 0 radical (unpaired) electrons. The van der Waals surface area contributed by atoms with Crippen LogP contribution in [0.15, 0.2) is 42.5 Å². The van der Waals surface area contributed by atoms with Crippen molar-refractivity contribution in [1.29, 1.82) is 0 Å². The second kappa shape index (κ2) is 5.88. The Morgan fingerprint density at radius 3 is 2.72 bits per heavy atom. The van der Waals surface area contributed by atoms with Gasteiger partial charge in [0.25, 0.3) is 5.69 Å². The number of rotatable bonds is 2. The van der Waals surface area contributed by atoms with Crippen molar-refractivity contribution < 1.29 is 4.92 Å². The number of hydrogen-bond acceptors (Lipinski definition) is 3. The Morgan fingerprint density at radius 2 is 1.96 bits per heavy atom. The highest BCUT2D eigenvalue weighted by atomic mass is 35.5. The Bertz CT molecular complexity index is 907. The molecule has 1 N–H and O–H groups in total. The van der Waals surface area contributed by atoms with Crippen molar-refractivity contribution in [2.75, 3.05) is 5.32 Å². The first-order valence-corrected chi connectivity index (χ1v) is 8.82. The minimum Gasteiger partial charge on any atom is -0.377 e. The lowest BCUT2D eigenvalue weighted by Crippen LogP contribution is -2.30. The van der Waals surface area contributed by atoms with Gasteiger partial charge in [0.05, 0.1) is 11.0 Å². The third-order valence-corrected chi connectivity index (χ3v) is 5.82. The van der Waals surface area contributed by atoms with Crippen LogP contribution in [0.25, 0.3) is 0 Å². The third kappa shape index (κ3) is 2.52. The number of allylic oxidation sites excluding steroid dienone is 2. The highest BCUT2D eigenvalue weighted by Crippen LogP contribution is 2.52. The maximum atomic E-state index is 11.2. The molecule has 0 saturated heterocycles. The molecule has 2 aromatic rings. The van der Waals surface area contributed by atoms with Gasteiger partial charge in [0.15, 0.2) is 0 Å². The van der Waals surface area contributed by atoms with E-state index in [1.807, 2.05) is 0 Å². The number of benzene rings is 2. The summed E-state index contributed by atoms with van der Waals surface area (Å²) in [6.07, 6.45) is 5.43. The Labute approximate surface area is 151 Å². The Kier molecular flexibility index (Phi) is 3.80. The fraction of sp³-hybridized carbons (Fsp3) is 0.300. The fourth-order valence-electron chi connectivity index (χ4n) is 4.23. The number of aryl methyl sites for hydroxylation is 2. The fourth-order valence-corrected chi connectivity index (χ4v) is 4.47. The van der Waals surface area contributed by atoms with E-state index >= 15 is 0 Å². The van der Waals surface area contributed by atoms with E-state index in [9.17, 15) is 10.1 Å². The van der Waals surface area contributed by atoms with Crippen molar-refractivity contribution in [3.8, 4) is 0 Å². The molecule has 0 bridgehead atoms. The minimum atomic E-state index is -0.365. The predicted molar refractivity (Wildman–Crippen MR) is 100 cm³/mol. The lowest BCUT2D eigenvalue weighted by atomic mass is 9.75. The smallest absolute Gasteiger partial charge is 0.269 e. The minimum absolute atomic E-state index is 0.0413. The Balaban J connectivity index is 1.87. The predicted octanol–water partition coefficient (Wildman–Crippen LogP) is 5.69. The summed E-state index contributed by atoms with van der Waals surface area (Å²) in [6, 6.07) is 8.95. The Morgan fingerprint density at radius 1 is 1.20 bits per heavy atom. The van der Waals surface area contributed by atoms with Gasteiger partial charge in [0, 0.05) is 34.3 Å². The second-order valence-electron chi connectivity index (χ2n) is 6.93. The maximum Gasteiger partial charge on any atom is 0.269 e. The van der Waals surface area contributed by atoms with Crippen molar-refractivity contribution in [3.63, 3.8) is 0 Å². The lowest BCUT2D eigenvalue weighted by Gasteiger charge is -2.39. The molecule has 2 aliphatic rings.